The van der Waals surface area contributed by atoms with Crippen molar-refractivity contribution in [1.82, 2.24) is 20.1 Å². The summed E-state index contributed by atoms with van der Waals surface area (Å²) < 4.78 is 4.05. The third-order valence-corrected chi connectivity index (χ3v) is 4.38. The van der Waals surface area contributed by atoms with E-state index in [-0.39, 0.29) is 6.04 Å². The maximum Gasteiger partial charge on any atom is 0.0719 e. The molecule has 0 amide bonds. The minimum absolute atomic E-state index is 0.166. The molecule has 2 rings (SSSR count). The smallest absolute Gasteiger partial charge is 0.0719 e. The topological polar surface area (TPSA) is 42.7 Å². The van der Waals surface area contributed by atoms with Crippen LogP contribution >= 0.6 is 31.9 Å². The van der Waals surface area contributed by atoms with Gasteiger partial charge in [0.05, 0.1) is 17.4 Å². The molecular formula is C15H20Br2N4. The van der Waals surface area contributed by atoms with Crippen molar-refractivity contribution >= 4 is 31.9 Å². The maximum absolute atomic E-state index is 4.57. The molecule has 0 aliphatic carbocycles. The summed E-state index contributed by atoms with van der Waals surface area (Å²) in [7, 11) is 0. The molecule has 0 spiro atoms. The van der Waals surface area contributed by atoms with E-state index >= 15 is 0 Å². The monoisotopic (exact) mass is 414 g/mol. The maximum atomic E-state index is 4.57. The molecule has 21 heavy (non-hydrogen) atoms. The Hall–Kier alpha value is -0.720. The molecule has 4 nitrogen and oxygen atoms in total. The Morgan fingerprint density at radius 1 is 1.29 bits per heavy atom. The second-order valence-electron chi connectivity index (χ2n) is 4.93. The minimum atomic E-state index is 0.166. The summed E-state index contributed by atoms with van der Waals surface area (Å²) in [6, 6.07) is 4.36. The molecular weight excluding hydrogens is 396 g/mol. The molecule has 0 saturated carbocycles. The first-order valence-corrected chi connectivity index (χ1v) is 8.71. The third-order valence-electron chi connectivity index (χ3n) is 3.32. The van der Waals surface area contributed by atoms with Crippen molar-refractivity contribution in [2.45, 2.75) is 39.8 Å². The lowest BCUT2D eigenvalue weighted by atomic mass is 10.1. The zero-order valence-corrected chi connectivity index (χ0v) is 15.7. The zero-order valence-electron chi connectivity index (χ0n) is 12.5. The van der Waals surface area contributed by atoms with E-state index in [9.17, 15) is 0 Å². The Morgan fingerprint density at radius 2 is 2.05 bits per heavy atom. The molecule has 1 unspecified atom stereocenters. The zero-order chi connectivity index (χ0) is 15.4. The molecule has 0 saturated heterocycles. The van der Waals surface area contributed by atoms with Crippen LogP contribution in [0.1, 0.15) is 37.0 Å². The largest absolute Gasteiger partial charge is 0.309 e. The number of nitrogens with zero attached hydrogens (tertiary/aromatic N) is 3. The summed E-state index contributed by atoms with van der Waals surface area (Å²) in [5.74, 6) is 0. The molecule has 6 heteroatoms. The number of halogens is 2. The van der Waals surface area contributed by atoms with E-state index in [1.165, 1.54) is 5.69 Å². The van der Waals surface area contributed by atoms with E-state index in [1.807, 2.05) is 19.2 Å². The van der Waals surface area contributed by atoms with Crippen molar-refractivity contribution in [2.75, 3.05) is 6.54 Å². The molecule has 0 aliphatic heterocycles. The van der Waals surface area contributed by atoms with Crippen LogP contribution in [0.4, 0.5) is 0 Å². The predicted octanol–water partition coefficient (Wildman–Crippen LogP) is 4.02. The van der Waals surface area contributed by atoms with Gasteiger partial charge in [0, 0.05) is 33.8 Å². The van der Waals surface area contributed by atoms with Gasteiger partial charge in [-0.3, -0.25) is 9.67 Å². The summed E-state index contributed by atoms with van der Waals surface area (Å²) in [5.41, 5.74) is 3.32. The lowest BCUT2D eigenvalue weighted by Crippen LogP contribution is -2.25. The van der Waals surface area contributed by atoms with Gasteiger partial charge in [0.15, 0.2) is 0 Å². The van der Waals surface area contributed by atoms with Crippen LogP contribution in [0.2, 0.25) is 0 Å². The van der Waals surface area contributed by atoms with E-state index in [0.717, 1.165) is 39.8 Å². The van der Waals surface area contributed by atoms with E-state index < -0.39 is 0 Å². The van der Waals surface area contributed by atoms with E-state index in [4.69, 9.17) is 0 Å². The highest BCUT2D eigenvalue weighted by Gasteiger charge is 2.18. The van der Waals surface area contributed by atoms with Gasteiger partial charge in [-0.05, 0) is 64.4 Å². The first-order valence-electron chi connectivity index (χ1n) is 7.12. The Morgan fingerprint density at radius 3 is 2.67 bits per heavy atom. The molecule has 1 N–H and O–H groups in total. The average molecular weight is 416 g/mol. The van der Waals surface area contributed by atoms with Crippen LogP contribution in [0.3, 0.4) is 0 Å². The van der Waals surface area contributed by atoms with Crippen LogP contribution in [-0.2, 0) is 13.0 Å². The first-order chi connectivity index (χ1) is 10.0. The Kier molecular flexibility index (Phi) is 5.96. The van der Waals surface area contributed by atoms with Crippen molar-refractivity contribution in [3.63, 3.8) is 0 Å². The molecule has 2 heterocycles. The fraction of sp³-hybridized carbons (Fsp3) is 0.467. The van der Waals surface area contributed by atoms with Crippen molar-refractivity contribution in [3.05, 3.63) is 44.4 Å². The van der Waals surface area contributed by atoms with Crippen LogP contribution in [0, 0.1) is 6.92 Å². The van der Waals surface area contributed by atoms with Gasteiger partial charge in [0.25, 0.3) is 0 Å². The van der Waals surface area contributed by atoms with Crippen LogP contribution < -0.4 is 5.32 Å². The van der Waals surface area contributed by atoms with Gasteiger partial charge in [-0.2, -0.15) is 5.10 Å². The lowest BCUT2D eigenvalue weighted by Gasteiger charge is -2.19. The first kappa shape index (κ1) is 16.6. The van der Waals surface area contributed by atoms with Crippen molar-refractivity contribution in [2.24, 2.45) is 0 Å². The lowest BCUT2D eigenvalue weighted by molar-refractivity contribution is 0.505. The number of likely N-dealkylation sites (N-methyl/N-ethyl adjacent to an activating group) is 1. The van der Waals surface area contributed by atoms with Crippen molar-refractivity contribution in [1.29, 1.82) is 0 Å². The summed E-state index contributed by atoms with van der Waals surface area (Å²) in [6.07, 6.45) is 2.71. The highest BCUT2D eigenvalue weighted by atomic mass is 79.9. The number of aromatic nitrogens is 3. The fourth-order valence-electron chi connectivity index (χ4n) is 2.44. The van der Waals surface area contributed by atoms with Crippen LogP contribution in [0.5, 0.6) is 0 Å². The molecule has 0 aliphatic rings. The second kappa shape index (κ2) is 7.51. The number of pyridine rings is 1. The number of nitrogens with one attached hydrogen (secondary N) is 1. The number of rotatable bonds is 6. The summed E-state index contributed by atoms with van der Waals surface area (Å²) in [6.45, 7) is 8.05. The SMILES string of the molecule is CCNC(Cc1cc(C)nn1CC)c1ncc(Br)cc1Br. The Labute approximate surface area is 142 Å². The quantitative estimate of drug-likeness (QED) is 0.774. The molecule has 1 atom stereocenters. The van der Waals surface area contributed by atoms with Gasteiger partial charge < -0.3 is 5.32 Å². The van der Waals surface area contributed by atoms with Crippen LogP contribution in [0.15, 0.2) is 27.3 Å². The Balaban J connectivity index is 2.30. The molecule has 0 radical (unpaired) electrons. The molecule has 2 aromatic rings. The number of hydrogen-bond donors (Lipinski definition) is 1. The van der Waals surface area contributed by atoms with E-state index in [2.05, 4.69) is 71.9 Å². The standard InChI is InChI=1S/C15H20Br2N4/c1-4-18-14(15-13(17)7-11(16)9-19-15)8-12-6-10(3)20-21(12)5-2/h6-7,9,14,18H,4-5,8H2,1-3H3. The van der Waals surface area contributed by atoms with Gasteiger partial charge in [-0.15, -0.1) is 0 Å². The average Bonchev–Trinajstić information content (AvgIpc) is 2.78. The molecule has 0 fully saturated rings. The molecule has 2 aromatic heterocycles. The van der Waals surface area contributed by atoms with Crippen LogP contribution in [0.25, 0.3) is 0 Å². The fourth-order valence-corrected chi connectivity index (χ4v) is 3.70. The van der Waals surface area contributed by atoms with E-state index in [0.29, 0.717) is 0 Å². The summed E-state index contributed by atoms with van der Waals surface area (Å²) in [4.78, 5) is 4.57. The highest BCUT2D eigenvalue weighted by Crippen LogP contribution is 2.27. The number of hydrogen-bond acceptors (Lipinski definition) is 3. The molecule has 114 valence electrons. The van der Waals surface area contributed by atoms with Crippen molar-refractivity contribution < 1.29 is 0 Å². The normalized spacial score (nSPS) is 12.6. The summed E-state index contributed by atoms with van der Waals surface area (Å²) in [5, 5.41) is 8.04. The van der Waals surface area contributed by atoms with Crippen molar-refractivity contribution in [3.8, 4) is 0 Å². The van der Waals surface area contributed by atoms with E-state index in [1.54, 1.807) is 0 Å². The third kappa shape index (κ3) is 4.14. The minimum Gasteiger partial charge on any atom is -0.309 e. The molecule has 0 aromatic carbocycles. The molecule has 0 bridgehead atoms. The van der Waals surface area contributed by atoms with Gasteiger partial charge in [-0.25, -0.2) is 0 Å². The second-order valence-corrected chi connectivity index (χ2v) is 6.70. The Bertz CT molecular complexity index is 610. The van der Waals surface area contributed by atoms with Gasteiger partial charge in [0.2, 0.25) is 0 Å². The predicted molar refractivity (Wildman–Crippen MR) is 92.4 cm³/mol. The van der Waals surface area contributed by atoms with Gasteiger partial charge >= 0.3 is 0 Å². The van der Waals surface area contributed by atoms with Gasteiger partial charge in [-0.1, -0.05) is 6.92 Å². The summed E-state index contributed by atoms with van der Waals surface area (Å²) >= 11 is 7.07. The van der Waals surface area contributed by atoms with Crippen LogP contribution in [-0.4, -0.2) is 21.3 Å². The van der Waals surface area contributed by atoms with Gasteiger partial charge in [0.1, 0.15) is 0 Å². The number of aryl methyl sites for hydroxylation is 2. The highest BCUT2D eigenvalue weighted by molar-refractivity contribution is 9.11.